The second-order valence-electron chi connectivity index (χ2n) is 4.41. The summed E-state index contributed by atoms with van der Waals surface area (Å²) in [5.74, 6) is 0.531. The molecule has 0 saturated heterocycles. The number of rotatable bonds is 6. The fraction of sp³-hybridized carbons (Fsp3) is 0.467. The molecule has 0 radical (unpaired) electrons. The minimum atomic E-state index is -0.439. The van der Waals surface area contributed by atoms with E-state index in [1.165, 1.54) is 0 Å². The molecule has 0 unspecified atom stereocenters. The molecule has 0 atom stereocenters. The molecule has 114 valence electrons. The summed E-state index contributed by atoms with van der Waals surface area (Å²) < 4.78 is 16.8. The van der Waals surface area contributed by atoms with E-state index in [9.17, 15) is 9.59 Å². The predicted octanol–water partition coefficient (Wildman–Crippen LogP) is 1.70. The first kappa shape index (κ1) is 15.2. The minimum Gasteiger partial charge on any atom is -0.490 e. The van der Waals surface area contributed by atoms with Gasteiger partial charge in [0.15, 0.2) is 11.5 Å². The summed E-state index contributed by atoms with van der Waals surface area (Å²) >= 11 is 0. The Hall–Kier alpha value is -2.24. The Morgan fingerprint density at radius 3 is 2.24 bits per heavy atom. The van der Waals surface area contributed by atoms with Gasteiger partial charge in [-0.05, 0) is 26.8 Å². The molecule has 1 heterocycles. The van der Waals surface area contributed by atoms with Gasteiger partial charge in [0.25, 0.3) is 5.91 Å². The van der Waals surface area contributed by atoms with E-state index < -0.39 is 5.91 Å². The van der Waals surface area contributed by atoms with Gasteiger partial charge in [0.1, 0.15) is 0 Å². The van der Waals surface area contributed by atoms with Crippen molar-refractivity contribution in [1.82, 2.24) is 5.32 Å². The highest BCUT2D eigenvalue weighted by atomic mass is 16.5. The van der Waals surface area contributed by atoms with Crippen LogP contribution in [0.4, 0.5) is 0 Å². The van der Waals surface area contributed by atoms with Crippen LogP contribution in [0.25, 0.3) is 0 Å². The molecular weight excluding hydrogens is 274 g/mol. The van der Waals surface area contributed by atoms with Crippen molar-refractivity contribution in [2.45, 2.75) is 27.2 Å². The summed E-state index contributed by atoms with van der Waals surface area (Å²) in [5.41, 5.74) is 0.947. The lowest BCUT2D eigenvalue weighted by Gasteiger charge is -2.23. The van der Waals surface area contributed by atoms with Crippen LogP contribution in [0.2, 0.25) is 0 Å². The van der Waals surface area contributed by atoms with E-state index in [4.69, 9.17) is 14.2 Å². The monoisotopic (exact) mass is 293 g/mol. The van der Waals surface area contributed by atoms with Crippen molar-refractivity contribution in [3.05, 3.63) is 17.2 Å². The molecule has 0 bridgehead atoms. The maximum absolute atomic E-state index is 12.0. The standard InChI is InChI=1S/C15H19NO5/c1-4-19-11-7-10-9(8-12(17)16-15(10)18)13(20-5-2)14(11)21-6-3/h7H,4-6,8H2,1-3H3,(H,16,17,18). The first-order valence-electron chi connectivity index (χ1n) is 7.04. The van der Waals surface area contributed by atoms with Crippen molar-refractivity contribution in [2.75, 3.05) is 19.8 Å². The van der Waals surface area contributed by atoms with Gasteiger partial charge in [-0.3, -0.25) is 14.9 Å². The number of imide groups is 1. The number of carbonyl (C=O) groups excluding carboxylic acids is 2. The summed E-state index contributed by atoms with van der Waals surface area (Å²) in [7, 11) is 0. The highest BCUT2D eigenvalue weighted by Gasteiger charge is 2.30. The number of benzene rings is 1. The van der Waals surface area contributed by atoms with E-state index in [1.807, 2.05) is 20.8 Å². The number of hydrogen-bond donors (Lipinski definition) is 1. The van der Waals surface area contributed by atoms with Crippen LogP contribution in [-0.4, -0.2) is 31.6 Å². The Morgan fingerprint density at radius 2 is 1.62 bits per heavy atom. The normalized spacial score (nSPS) is 13.5. The zero-order valence-corrected chi connectivity index (χ0v) is 12.4. The Kier molecular flexibility index (Phi) is 4.67. The predicted molar refractivity (Wildman–Crippen MR) is 76.1 cm³/mol. The third kappa shape index (κ3) is 2.94. The van der Waals surface area contributed by atoms with Crippen LogP contribution >= 0.6 is 0 Å². The Morgan fingerprint density at radius 1 is 1.00 bits per heavy atom. The van der Waals surface area contributed by atoms with Crippen LogP contribution in [0, 0.1) is 0 Å². The number of nitrogens with one attached hydrogen (secondary N) is 1. The zero-order valence-electron chi connectivity index (χ0n) is 12.4. The van der Waals surface area contributed by atoms with E-state index in [1.54, 1.807) is 6.07 Å². The van der Waals surface area contributed by atoms with E-state index in [-0.39, 0.29) is 12.3 Å². The zero-order chi connectivity index (χ0) is 15.4. The molecule has 1 aliphatic rings. The number of amides is 2. The first-order valence-corrected chi connectivity index (χ1v) is 7.04. The third-order valence-corrected chi connectivity index (χ3v) is 3.02. The molecule has 0 spiro atoms. The Balaban J connectivity index is 2.65. The van der Waals surface area contributed by atoms with E-state index in [2.05, 4.69) is 5.32 Å². The summed E-state index contributed by atoms with van der Waals surface area (Å²) in [6, 6.07) is 1.61. The van der Waals surface area contributed by atoms with E-state index in [0.717, 1.165) is 0 Å². The molecule has 0 saturated carbocycles. The maximum Gasteiger partial charge on any atom is 0.258 e. The number of fused-ring (bicyclic) bond motifs is 1. The smallest absolute Gasteiger partial charge is 0.258 e. The van der Waals surface area contributed by atoms with Crippen LogP contribution < -0.4 is 19.5 Å². The van der Waals surface area contributed by atoms with Crippen LogP contribution in [0.3, 0.4) is 0 Å². The Labute approximate surface area is 123 Å². The van der Waals surface area contributed by atoms with Crippen molar-refractivity contribution >= 4 is 11.8 Å². The molecular formula is C15H19NO5. The molecule has 21 heavy (non-hydrogen) atoms. The first-order chi connectivity index (χ1) is 10.1. The van der Waals surface area contributed by atoms with Crippen molar-refractivity contribution in [2.24, 2.45) is 0 Å². The van der Waals surface area contributed by atoms with Crippen molar-refractivity contribution in [3.8, 4) is 17.2 Å². The summed E-state index contributed by atoms with van der Waals surface area (Å²) in [6.45, 7) is 6.80. The SMILES string of the molecule is CCOc1cc2c(c(OCC)c1OCC)CC(=O)NC2=O. The highest BCUT2D eigenvalue weighted by molar-refractivity contribution is 6.10. The molecule has 6 nitrogen and oxygen atoms in total. The van der Waals surface area contributed by atoms with Crippen molar-refractivity contribution < 1.29 is 23.8 Å². The molecule has 6 heteroatoms. The Bertz CT molecular complexity index is 568. The fourth-order valence-electron chi connectivity index (χ4n) is 2.27. The van der Waals surface area contributed by atoms with Gasteiger partial charge in [0, 0.05) is 5.56 Å². The van der Waals surface area contributed by atoms with Crippen LogP contribution in [-0.2, 0) is 11.2 Å². The van der Waals surface area contributed by atoms with Gasteiger partial charge >= 0.3 is 0 Å². The van der Waals surface area contributed by atoms with Crippen LogP contribution in [0.15, 0.2) is 6.07 Å². The number of carbonyl (C=O) groups is 2. The quantitative estimate of drug-likeness (QED) is 0.808. The molecule has 2 rings (SSSR count). The van der Waals surface area contributed by atoms with Crippen LogP contribution in [0.5, 0.6) is 17.2 Å². The van der Waals surface area contributed by atoms with Gasteiger partial charge in [-0.15, -0.1) is 0 Å². The van der Waals surface area contributed by atoms with E-state index >= 15 is 0 Å². The fourth-order valence-corrected chi connectivity index (χ4v) is 2.27. The largest absolute Gasteiger partial charge is 0.490 e. The second kappa shape index (κ2) is 6.47. The van der Waals surface area contributed by atoms with Crippen molar-refractivity contribution in [1.29, 1.82) is 0 Å². The van der Waals surface area contributed by atoms with Gasteiger partial charge in [-0.2, -0.15) is 0 Å². The molecule has 1 aliphatic heterocycles. The molecule has 1 aromatic rings. The van der Waals surface area contributed by atoms with Gasteiger partial charge in [-0.25, -0.2) is 0 Å². The van der Waals surface area contributed by atoms with E-state index in [0.29, 0.717) is 48.2 Å². The lowest BCUT2D eigenvalue weighted by Crippen LogP contribution is -2.37. The lowest BCUT2D eigenvalue weighted by atomic mass is 9.97. The molecule has 2 amide bonds. The maximum atomic E-state index is 12.0. The van der Waals surface area contributed by atoms with Gasteiger partial charge in [0.05, 0.1) is 31.8 Å². The average Bonchev–Trinajstić information content (AvgIpc) is 2.44. The highest BCUT2D eigenvalue weighted by Crippen LogP contribution is 2.43. The molecule has 0 aliphatic carbocycles. The average molecular weight is 293 g/mol. The lowest BCUT2D eigenvalue weighted by molar-refractivity contribution is -0.119. The third-order valence-electron chi connectivity index (χ3n) is 3.02. The summed E-state index contributed by atoms with van der Waals surface area (Å²) in [6.07, 6.45) is 0.0862. The number of ether oxygens (including phenoxy) is 3. The molecule has 1 N–H and O–H groups in total. The minimum absolute atomic E-state index is 0.0862. The number of hydrogen-bond acceptors (Lipinski definition) is 5. The molecule has 0 fully saturated rings. The van der Waals surface area contributed by atoms with Crippen molar-refractivity contribution in [3.63, 3.8) is 0 Å². The van der Waals surface area contributed by atoms with Gasteiger partial charge in [-0.1, -0.05) is 0 Å². The summed E-state index contributed by atoms with van der Waals surface area (Å²) in [4.78, 5) is 23.6. The molecule has 0 aromatic heterocycles. The van der Waals surface area contributed by atoms with Gasteiger partial charge < -0.3 is 14.2 Å². The molecule has 1 aromatic carbocycles. The summed E-state index contributed by atoms with van der Waals surface area (Å²) in [5, 5.41) is 2.30. The topological polar surface area (TPSA) is 73.9 Å². The second-order valence-corrected chi connectivity index (χ2v) is 4.41. The van der Waals surface area contributed by atoms with Gasteiger partial charge in [0.2, 0.25) is 11.7 Å². The van der Waals surface area contributed by atoms with Crippen LogP contribution in [0.1, 0.15) is 36.7 Å².